The molecular weight excluding hydrogens is 416 g/mol. The van der Waals surface area contributed by atoms with Crippen molar-refractivity contribution in [1.82, 2.24) is 15.6 Å². The van der Waals surface area contributed by atoms with E-state index in [0.29, 0.717) is 30.4 Å². The summed E-state index contributed by atoms with van der Waals surface area (Å²) in [6, 6.07) is 11.2. The van der Waals surface area contributed by atoms with Crippen LogP contribution < -0.4 is 25.0 Å². The third-order valence-electron chi connectivity index (χ3n) is 5.21. The lowest BCUT2D eigenvalue weighted by atomic mass is 10.1. The summed E-state index contributed by atoms with van der Waals surface area (Å²) in [6.45, 7) is 1.69. The zero-order valence-corrected chi connectivity index (χ0v) is 18.6. The van der Waals surface area contributed by atoms with Gasteiger partial charge in [-0.05, 0) is 43.5 Å². The van der Waals surface area contributed by atoms with Crippen LogP contribution in [0.3, 0.4) is 0 Å². The minimum atomic E-state index is -2.91. The minimum Gasteiger partial charge on any atom is -0.493 e. The molecule has 1 aromatic carbocycles. The van der Waals surface area contributed by atoms with E-state index in [9.17, 15) is 8.78 Å². The van der Waals surface area contributed by atoms with E-state index < -0.39 is 6.61 Å². The maximum Gasteiger partial charge on any atom is 0.387 e. The highest BCUT2D eigenvalue weighted by molar-refractivity contribution is 5.80. The van der Waals surface area contributed by atoms with Crippen LogP contribution in [0.1, 0.15) is 31.7 Å². The van der Waals surface area contributed by atoms with Crippen molar-refractivity contribution in [3.8, 4) is 11.5 Å². The number of hydrogen-bond acceptors (Lipinski definition) is 5. The molecule has 2 heterocycles. The van der Waals surface area contributed by atoms with Crippen molar-refractivity contribution in [3.63, 3.8) is 0 Å². The van der Waals surface area contributed by atoms with Crippen molar-refractivity contribution in [3.05, 3.63) is 48.2 Å². The molecule has 9 heteroatoms. The highest BCUT2D eigenvalue weighted by Gasteiger charge is 2.21. The molecule has 174 valence electrons. The maximum atomic E-state index is 12.9. The molecule has 0 spiro atoms. The van der Waals surface area contributed by atoms with Crippen LogP contribution in [0.2, 0.25) is 0 Å². The fourth-order valence-corrected chi connectivity index (χ4v) is 3.56. The third kappa shape index (κ3) is 6.96. The van der Waals surface area contributed by atoms with Crippen molar-refractivity contribution in [2.75, 3.05) is 31.6 Å². The Morgan fingerprint density at radius 2 is 2.06 bits per heavy atom. The Hall–Kier alpha value is -3.10. The number of nitrogens with zero attached hydrogens (tertiary/aromatic N) is 3. The van der Waals surface area contributed by atoms with Crippen LogP contribution in [0.25, 0.3) is 0 Å². The molecule has 0 radical (unpaired) electrons. The number of anilines is 1. The highest BCUT2D eigenvalue weighted by Crippen LogP contribution is 2.27. The minimum absolute atomic E-state index is 0.0974. The summed E-state index contributed by atoms with van der Waals surface area (Å²) in [7, 11) is 1.69. The van der Waals surface area contributed by atoms with Gasteiger partial charge in [0.15, 0.2) is 5.96 Å². The molecule has 2 N–H and O–H groups in total. The Balaban J connectivity index is 1.54. The first-order chi connectivity index (χ1) is 15.6. The average Bonchev–Trinajstić information content (AvgIpc) is 2.82. The second-order valence-electron chi connectivity index (χ2n) is 7.52. The van der Waals surface area contributed by atoms with Gasteiger partial charge in [0, 0.05) is 50.6 Å². The molecule has 1 aliphatic heterocycles. The smallest absolute Gasteiger partial charge is 0.387 e. The normalized spacial score (nSPS) is 15.0. The molecule has 32 heavy (non-hydrogen) atoms. The van der Waals surface area contributed by atoms with Gasteiger partial charge in [0.1, 0.15) is 17.3 Å². The number of hydrogen-bond donors (Lipinski definition) is 2. The molecule has 1 saturated heterocycles. The molecule has 7 nitrogen and oxygen atoms in total. The van der Waals surface area contributed by atoms with Crippen molar-refractivity contribution in [1.29, 1.82) is 0 Å². The first-order valence-electron chi connectivity index (χ1n) is 10.9. The Bertz CT molecular complexity index is 859. The Morgan fingerprint density at radius 1 is 1.25 bits per heavy atom. The lowest BCUT2D eigenvalue weighted by molar-refractivity contribution is -0.0505. The SMILES string of the molecule is CCCOc1ccc(CNC(=NC)NC2CCN(c3ccccn3)CC2)c(OC(F)F)c1. The van der Waals surface area contributed by atoms with E-state index in [2.05, 4.69) is 25.5 Å². The van der Waals surface area contributed by atoms with E-state index >= 15 is 0 Å². The van der Waals surface area contributed by atoms with Crippen LogP contribution in [0, 0.1) is 0 Å². The number of halogens is 2. The number of alkyl halides is 2. The summed E-state index contributed by atoms with van der Waals surface area (Å²) < 4.78 is 36.0. The number of benzene rings is 1. The number of ether oxygens (including phenoxy) is 2. The van der Waals surface area contributed by atoms with E-state index in [-0.39, 0.29) is 11.8 Å². The molecule has 0 aliphatic carbocycles. The van der Waals surface area contributed by atoms with Gasteiger partial charge in [-0.3, -0.25) is 4.99 Å². The van der Waals surface area contributed by atoms with Crippen molar-refractivity contribution in [2.45, 2.75) is 45.4 Å². The second kappa shape index (κ2) is 12.1. The van der Waals surface area contributed by atoms with Crippen LogP contribution in [0.15, 0.2) is 47.6 Å². The summed E-state index contributed by atoms with van der Waals surface area (Å²) in [5, 5.41) is 6.62. The van der Waals surface area contributed by atoms with Gasteiger partial charge >= 0.3 is 6.61 Å². The van der Waals surface area contributed by atoms with E-state index in [4.69, 9.17) is 9.47 Å². The summed E-state index contributed by atoms with van der Waals surface area (Å²) in [4.78, 5) is 11.0. The fraction of sp³-hybridized carbons (Fsp3) is 0.478. The van der Waals surface area contributed by atoms with Gasteiger partial charge in [-0.1, -0.05) is 13.0 Å². The molecule has 1 fully saturated rings. The van der Waals surface area contributed by atoms with Crippen LogP contribution in [0.4, 0.5) is 14.6 Å². The second-order valence-corrected chi connectivity index (χ2v) is 7.52. The van der Waals surface area contributed by atoms with E-state index in [1.165, 1.54) is 6.07 Å². The van der Waals surface area contributed by atoms with Crippen molar-refractivity contribution >= 4 is 11.8 Å². The molecular formula is C23H31F2N5O2. The van der Waals surface area contributed by atoms with Crippen molar-refractivity contribution < 1.29 is 18.3 Å². The number of aromatic nitrogens is 1. The van der Waals surface area contributed by atoms with E-state index in [1.807, 2.05) is 25.1 Å². The Morgan fingerprint density at radius 3 is 2.72 bits per heavy atom. The first kappa shape index (κ1) is 23.6. The number of nitrogens with one attached hydrogen (secondary N) is 2. The molecule has 0 atom stereocenters. The summed E-state index contributed by atoms with van der Waals surface area (Å²) in [6.07, 6.45) is 4.53. The molecule has 0 unspecified atom stereocenters. The molecule has 1 aromatic heterocycles. The quantitative estimate of drug-likeness (QED) is 0.450. The summed E-state index contributed by atoms with van der Waals surface area (Å²) in [5.74, 6) is 2.22. The molecule has 3 rings (SSSR count). The first-order valence-corrected chi connectivity index (χ1v) is 10.9. The third-order valence-corrected chi connectivity index (χ3v) is 5.21. The predicted molar refractivity (Wildman–Crippen MR) is 122 cm³/mol. The van der Waals surface area contributed by atoms with Crippen LogP contribution >= 0.6 is 0 Å². The van der Waals surface area contributed by atoms with Gasteiger partial charge in [-0.15, -0.1) is 0 Å². The molecule has 2 aromatic rings. The lowest BCUT2D eigenvalue weighted by Crippen LogP contribution is -2.48. The van der Waals surface area contributed by atoms with Crippen molar-refractivity contribution in [2.24, 2.45) is 4.99 Å². The zero-order valence-electron chi connectivity index (χ0n) is 18.6. The number of aliphatic imine (C=N–C) groups is 1. The monoisotopic (exact) mass is 447 g/mol. The van der Waals surface area contributed by atoms with Gasteiger partial charge in [-0.2, -0.15) is 8.78 Å². The summed E-state index contributed by atoms with van der Waals surface area (Å²) in [5.41, 5.74) is 0.599. The molecule has 1 aliphatic rings. The van der Waals surface area contributed by atoms with E-state index in [1.54, 1.807) is 25.4 Å². The van der Waals surface area contributed by atoms with Gasteiger partial charge in [-0.25, -0.2) is 4.98 Å². The fourth-order valence-electron chi connectivity index (χ4n) is 3.56. The average molecular weight is 448 g/mol. The van der Waals surface area contributed by atoms with Crippen LogP contribution in [0.5, 0.6) is 11.5 Å². The van der Waals surface area contributed by atoms with Gasteiger partial charge in [0.05, 0.1) is 6.61 Å². The van der Waals surface area contributed by atoms with Gasteiger partial charge in [0.2, 0.25) is 0 Å². The molecule has 0 amide bonds. The number of piperidine rings is 1. The van der Waals surface area contributed by atoms with Gasteiger partial charge < -0.3 is 25.0 Å². The lowest BCUT2D eigenvalue weighted by Gasteiger charge is -2.33. The van der Waals surface area contributed by atoms with Crippen LogP contribution in [-0.2, 0) is 6.54 Å². The molecule has 0 bridgehead atoms. The number of rotatable bonds is 9. The maximum absolute atomic E-state index is 12.9. The zero-order chi connectivity index (χ0) is 22.8. The van der Waals surface area contributed by atoms with E-state index in [0.717, 1.165) is 38.2 Å². The topological polar surface area (TPSA) is 71.0 Å². The number of pyridine rings is 1. The van der Waals surface area contributed by atoms with Crippen LogP contribution in [-0.4, -0.2) is 50.3 Å². The predicted octanol–water partition coefficient (Wildman–Crippen LogP) is 3.81. The molecule has 0 saturated carbocycles. The Labute approximate surface area is 187 Å². The Kier molecular flexibility index (Phi) is 8.89. The largest absolute Gasteiger partial charge is 0.493 e. The number of guanidine groups is 1. The standard InChI is InChI=1S/C23H31F2N5O2/c1-3-14-31-19-8-7-17(20(15-19)32-22(24)25)16-28-23(26-2)29-18-9-12-30(13-10-18)21-6-4-5-11-27-21/h4-8,11,15,18,22H,3,9-10,12-14,16H2,1-2H3,(H2,26,28,29). The summed E-state index contributed by atoms with van der Waals surface area (Å²) >= 11 is 0. The highest BCUT2D eigenvalue weighted by atomic mass is 19.3. The van der Waals surface area contributed by atoms with Gasteiger partial charge in [0.25, 0.3) is 0 Å².